The molecule has 1 nitrogen and oxygen atoms in total. The van der Waals surface area contributed by atoms with Gasteiger partial charge in [0, 0.05) is 12.8 Å². The van der Waals surface area contributed by atoms with E-state index in [-0.39, 0.29) is 0 Å². The smallest absolute Gasteiger partial charge is 0.133 e. The van der Waals surface area contributed by atoms with Crippen LogP contribution in [0.4, 0.5) is 0 Å². The van der Waals surface area contributed by atoms with Crippen molar-refractivity contribution >= 4 is 5.78 Å². The number of carbonyl (C=O) groups excluding carboxylic acids is 1. The third-order valence-electron chi connectivity index (χ3n) is 4.41. The SMILES string of the molecule is CC(C)[C@H]1CC[C@H]2CC(=O)CC[C@@H]2C1. The van der Waals surface area contributed by atoms with Crippen molar-refractivity contribution in [2.24, 2.45) is 23.7 Å². The number of rotatable bonds is 1. The molecule has 0 N–H and O–H groups in total. The standard InChI is InChI=1S/C13H22O/c1-9(2)10-3-4-12-8-13(14)6-5-11(12)7-10/h9-12H,3-8H2,1-2H3/t10-,11+,12-/m0/s1. The molecule has 0 unspecified atom stereocenters. The second-order valence-corrected chi connectivity index (χ2v) is 5.62. The van der Waals surface area contributed by atoms with E-state index in [9.17, 15) is 4.79 Å². The van der Waals surface area contributed by atoms with Crippen molar-refractivity contribution in [2.45, 2.75) is 52.4 Å². The number of ketones is 1. The zero-order chi connectivity index (χ0) is 10.1. The Bertz CT molecular complexity index is 219. The molecule has 0 amide bonds. The predicted octanol–water partition coefficient (Wildman–Crippen LogP) is 3.43. The van der Waals surface area contributed by atoms with Crippen LogP contribution in [0.25, 0.3) is 0 Å². The molecule has 1 heteroatoms. The molecule has 2 saturated carbocycles. The van der Waals surface area contributed by atoms with Gasteiger partial charge in [-0.2, -0.15) is 0 Å². The van der Waals surface area contributed by atoms with E-state index < -0.39 is 0 Å². The predicted molar refractivity (Wildman–Crippen MR) is 58.0 cm³/mol. The first kappa shape index (κ1) is 10.2. The van der Waals surface area contributed by atoms with Gasteiger partial charge in [0.05, 0.1) is 0 Å². The summed E-state index contributed by atoms with van der Waals surface area (Å²) in [5, 5.41) is 0. The Morgan fingerprint density at radius 3 is 2.64 bits per heavy atom. The summed E-state index contributed by atoms with van der Waals surface area (Å²) in [5.74, 6) is 3.94. The fraction of sp³-hybridized carbons (Fsp3) is 0.923. The second-order valence-electron chi connectivity index (χ2n) is 5.62. The first-order valence-electron chi connectivity index (χ1n) is 6.18. The maximum atomic E-state index is 11.3. The number of hydrogen-bond acceptors (Lipinski definition) is 1. The Labute approximate surface area is 87.3 Å². The summed E-state index contributed by atoms with van der Waals surface area (Å²) in [6, 6.07) is 0. The van der Waals surface area contributed by atoms with Gasteiger partial charge in [-0.05, 0) is 49.4 Å². The van der Waals surface area contributed by atoms with Crippen molar-refractivity contribution in [1.82, 2.24) is 0 Å². The molecule has 0 aromatic rings. The van der Waals surface area contributed by atoms with Crippen LogP contribution in [-0.4, -0.2) is 5.78 Å². The highest BCUT2D eigenvalue weighted by atomic mass is 16.1. The zero-order valence-electron chi connectivity index (χ0n) is 9.46. The van der Waals surface area contributed by atoms with Gasteiger partial charge in [0.25, 0.3) is 0 Å². The molecule has 0 heterocycles. The minimum absolute atomic E-state index is 0.522. The Kier molecular flexibility index (Phi) is 2.94. The highest BCUT2D eigenvalue weighted by molar-refractivity contribution is 5.79. The van der Waals surface area contributed by atoms with Crippen molar-refractivity contribution in [1.29, 1.82) is 0 Å². The van der Waals surface area contributed by atoms with Crippen LogP contribution in [0.2, 0.25) is 0 Å². The summed E-state index contributed by atoms with van der Waals surface area (Å²) in [6.07, 6.45) is 7.04. The van der Waals surface area contributed by atoms with Gasteiger partial charge >= 0.3 is 0 Å². The summed E-state index contributed by atoms with van der Waals surface area (Å²) in [4.78, 5) is 11.3. The molecule has 80 valence electrons. The Hall–Kier alpha value is -0.330. The van der Waals surface area contributed by atoms with Crippen LogP contribution in [0.5, 0.6) is 0 Å². The van der Waals surface area contributed by atoms with Gasteiger partial charge in [0.2, 0.25) is 0 Å². The van der Waals surface area contributed by atoms with Crippen LogP contribution in [0, 0.1) is 23.7 Å². The lowest BCUT2D eigenvalue weighted by Crippen LogP contribution is -2.32. The highest BCUT2D eigenvalue weighted by Crippen LogP contribution is 2.43. The summed E-state index contributed by atoms with van der Waals surface area (Å²) >= 11 is 0. The summed E-state index contributed by atoms with van der Waals surface area (Å²) in [7, 11) is 0. The molecular weight excluding hydrogens is 172 g/mol. The summed E-state index contributed by atoms with van der Waals surface area (Å²) < 4.78 is 0. The van der Waals surface area contributed by atoms with Gasteiger partial charge in [0.15, 0.2) is 0 Å². The number of carbonyl (C=O) groups is 1. The van der Waals surface area contributed by atoms with Crippen molar-refractivity contribution in [3.05, 3.63) is 0 Å². The lowest BCUT2D eigenvalue weighted by Gasteiger charge is -2.40. The zero-order valence-corrected chi connectivity index (χ0v) is 9.46. The van der Waals surface area contributed by atoms with E-state index in [1.165, 1.54) is 25.7 Å². The molecule has 2 aliphatic rings. The molecule has 0 radical (unpaired) electrons. The maximum Gasteiger partial charge on any atom is 0.133 e. The van der Waals surface area contributed by atoms with Crippen molar-refractivity contribution < 1.29 is 4.79 Å². The molecule has 0 bridgehead atoms. The fourth-order valence-corrected chi connectivity index (χ4v) is 3.33. The lowest BCUT2D eigenvalue weighted by atomic mass is 9.65. The maximum absolute atomic E-state index is 11.3. The largest absolute Gasteiger partial charge is 0.300 e. The van der Waals surface area contributed by atoms with Crippen molar-refractivity contribution in [3.8, 4) is 0 Å². The molecule has 2 aliphatic carbocycles. The molecule has 0 saturated heterocycles. The Morgan fingerprint density at radius 1 is 1.14 bits per heavy atom. The molecule has 2 fully saturated rings. The van der Waals surface area contributed by atoms with E-state index in [4.69, 9.17) is 0 Å². The summed E-state index contributed by atoms with van der Waals surface area (Å²) in [5.41, 5.74) is 0. The number of Topliss-reactive ketones (excluding diaryl/α,β-unsaturated/α-hetero) is 1. The molecule has 14 heavy (non-hydrogen) atoms. The molecule has 3 atom stereocenters. The van der Waals surface area contributed by atoms with E-state index in [1.807, 2.05) is 0 Å². The second kappa shape index (κ2) is 4.04. The number of hydrogen-bond donors (Lipinski definition) is 0. The van der Waals surface area contributed by atoms with Gasteiger partial charge in [-0.25, -0.2) is 0 Å². The van der Waals surface area contributed by atoms with Crippen molar-refractivity contribution in [3.63, 3.8) is 0 Å². The molecule has 0 spiro atoms. The molecule has 2 rings (SSSR count). The van der Waals surface area contributed by atoms with Crippen LogP contribution < -0.4 is 0 Å². The quantitative estimate of drug-likeness (QED) is 0.625. The van der Waals surface area contributed by atoms with Gasteiger partial charge < -0.3 is 0 Å². The third kappa shape index (κ3) is 2.02. The van der Waals surface area contributed by atoms with Gasteiger partial charge in [0.1, 0.15) is 5.78 Å². The van der Waals surface area contributed by atoms with Crippen LogP contribution in [0.3, 0.4) is 0 Å². The average molecular weight is 194 g/mol. The van der Waals surface area contributed by atoms with Crippen LogP contribution in [0.1, 0.15) is 52.4 Å². The lowest BCUT2D eigenvalue weighted by molar-refractivity contribution is -0.123. The average Bonchev–Trinajstić information content (AvgIpc) is 2.16. The summed E-state index contributed by atoms with van der Waals surface area (Å²) in [6.45, 7) is 4.69. The van der Waals surface area contributed by atoms with Gasteiger partial charge in [-0.1, -0.05) is 13.8 Å². The topological polar surface area (TPSA) is 17.1 Å². The van der Waals surface area contributed by atoms with E-state index in [0.29, 0.717) is 5.78 Å². The minimum atomic E-state index is 0.522. The fourth-order valence-electron chi connectivity index (χ4n) is 3.33. The molecular formula is C13H22O. The van der Waals surface area contributed by atoms with Crippen LogP contribution >= 0.6 is 0 Å². The van der Waals surface area contributed by atoms with Crippen LogP contribution in [-0.2, 0) is 4.79 Å². The molecule has 0 aromatic carbocycles. The monoisotopic (exact) mass is 194 g/mol. The third-order valence-corrected chi connectivity index (χ3v) is 4.41. The minimum Gasteiger partial charge on any atom is -0.300 e. The van der Waals surface area contributed by atoms with E-state index in [0.717, 1.165) is 36.5 Å². The van der Waals surface area contributed by atoms with Crippen LogP contribution in [0.15, 0.2) is 0 Å². The number of fused-ring (bicyclic) bond motifs is 1. The first-order valence-corrected chi connectivity index (χ1v) is 6.18. The Morgan fingerprint density at radius 2 is 1.93 bits per heavy atom. The van der Waals surface area contributed by atoms with Gasteiger partial charge in [-0.3, -0.25) is 4.79 Å². The molecule has 0 aromatic heterocycles. The van der Waals surface area contributed by atoms with E-state index in [1.54, 1.807) is 0 Å². The normalized spacial score (nSPS) is 38.5. The molecule has 0 aliphatic heterocycles. The van der Waals surface area contributed by atoms with E-state index >= 15 is 0 Å². The highest BCUT2D eigenvalue weighted by Gasteiger charge is 2.35. The van der Waals surface area contributed by atoms with E-state index in [2.05, 4.69) is 13.8 Å². The van der Waals surface area contributed by atoms with Gasteiger partial charge in [-0.15, -0.1) is 0 Å². The first-order chi connectivity index (χ1) is 6.66. The Balaban J connectivity index is 1.94. The van der Waals surface area contributed by atoms with Crippen molar-refractivity contribution in [2.75, 3.05) is 0 Å².